The molecule has 4 rings (SSSR count). The Morgan fingerprint density at radius 3 is 2.72 bits per heavy atom. The Kier molecular flexibility index (Phi) is 6.41. The van der Waals surface area contributed by atoms with Crippen molar-refractivity contribution >= 4 is 34.4 Å². The standard InChI is InChI=1S/C23H23ClF2N4O2/c1-30(17-4-2-3-5-17)23(32)20(9-13-6-7-16(25)11-18(13)26)29-22(31)19-10-14-8-15(24)12-27-21(14)28-19/h6-8,10-12,17,20H,2-5,9H2,1H3,(H,27,28)(H,29,31)/t20-/m0/s1. The first kappa shape index (κ1) is 22.2. The minimum absolute atomic E-state index is 0.0828. The van der Waals surface area contributed by atoms with Crippen LogP contribution in [0.1, 0.15) is 41.7 Å². The monoisotopic (exact) mass is 460 g/mol. The number of hydrogen-bond acceptors (Lipinski definition) is 3. The number of benzene rings is 1. The highest BCUT2D eigenvalue weighted by molar-refractivity contribution is 6.31. The third-order valence-corrected chi connectivity index (χ3v) is 6.15. The molecule has 1 atom stereocenters. The molecule has 168 valence electrons. The number of pyridine rings is 1. The molecule has 0 bridgehead atoms. The molecule has 0 spiro atoms. The first-order valence-electron chi connectivity index (χ1n) is 10.5. The molecule has 2 heterocycles. The summed E-state index contributed by atoms with van der Waals surface area (Å²) < 4.78 is 27.6. The first-order chi connectivity index (χ1) is 15.3. The number of aromatic nitrogens is 2. The van der Waals surface area contributed by atoms with Crippen molar-refractivity contribution in [2.75, 3.05) is 7.05 Å². The zero-order chi connectivity index (χ0) is 22.8. The second kappa shape index (κ2) is 9.24. The lowest BCUT2D eigenvalue weighted by atomic mass is 10.0. The van der Waals surface area contributed by atoms with Crippen LogP contribution in [0.2, 0.25) is 5.02 Å². The number of aromatic amines is 1. The Balaban J connectivity index is 1.59. The van der Waals surface area contributed by atoms with Gasteiger partial charge in [0.15, 0.2) is 0 Å². The Morgan fingerprint density at radius 1 is 1.25 bits per heavy atom. The van der Waals surface area contributed by atoms with E-state index in [0.717, 1.165) is 37.8 Å². The van der Waals surface area contributed by atoms with Crippen LogP contribution < -0.4 is 5.32 Å². The van der Waals surface area contributed by atoms with Crippen LogP contribution in [0.25, 0.3) is 11.0 Å². The third kappa shape index (κ3) is 4.75. The van der Waals surface area contributed by atoms with Gasteiger partial charge in [0.05, 0.1) is 5.02 Å². The largest absolute Gasteiger partial charge is 0.341 e. The fourth-order valence-electron chi connectivity index (χ4n) is 4.17. The highest BCUT2D eigenvalue weighted by Crippen LogP contribution is 2.24. The lowest BCUT2D eigenvalue weighted by Gasteiger charge is -2.29. The molecule has 1 aromatic carbocycles. The summed E-state index contributed by atoms with van der Waals surface area (Å²) in [5, 5.41) is 3.80. The molecule has 2 N–H and O–H groups in total. The van der Waals surface area contributed by atoms with Gasteiger partial charge in [-0.25, -0.2) is 13.8 Å². The number of carbonyl (C=O) groups excluding carboxylic acids is 2. The number of halogens is 3. The molecule has 1 fully saturated rings. The smallest absolute Gasteiger partial charge is 0.268 e. The second-order valence-electron chi connectivity index (χ2n) is 8.13. The number of nitrogens with zero attached hydrogens (tertiary/aromatic N) is 2. The van der Waals surface area contributed by atoms with E-state index in [-0.39, 0.29) is 29.6 Å². The zero-order valence-corrected chi connectivity index (χ0v) is 18.3. The number of rotatable bonds is 6. The van der Waals surface area contributed by atoms with Crippen molar-refractivity contribution in [3.8, 4) is 0 Å². The maximum atomic E-state index is 14.3. The van der Waals surface area contributed by atoms with E-state index in [0.29, 0.717) is 16.1 Å². The number of amides is 2. The number of H-pyrrole nitrogens is 1. The number of likely N-dealkylation sites (N-methyl/N-ethyl adjacent to an activating group) is 1. The van der Waals surface area contributed by atoms with Crippen LogP contribution in [0.5, 0.6) is 0 Å². The van der Waals surface area contributed by atoms with E-state index in [2.05, 4.69) is 15.3 Å². The van der Waals surface area contributed by atoms with Crippen LogP contribution in [-0.4, -0.2) is 45.8 Å². The van der Waals surface area contributed by atoms with Gasteiger partial charge in [-0.05, 0) is 36.6 Å². The molecule has 9 heteroatoms. The SMILES string of the molecule is CN(C(=O)[C@H](Cc1ccc(F)cc1F)NC(=O)c1cc2cc(Cl)cnc2[nH]1)C1CCCC1. The summed E-state index contributed by atoms with van der Waals surface area (Å²) in [5.41, 5.74) is 0.834. The van der Waals surface area contributed by atoms with Crippen molar-refractivity contribution in [2.24, 2.45) is 0 Å². The fourth-order valence-corrected chi connectivity index (χ4v) is 4.34. The zero-order valence-electron chi connectivity index (χ0n) is 17.5. The summed E-state index contributed by atoms with van der Waals surface area (Å²) in [6.07, 6.45) is 5.22. The van der Waals surface area contributed by atoms with Crippen LogP contribution in [0.15, 0.2) is 36.5 Å². The fraction of sp³-hybridized carbons (Fsp3) is 0.348. The van der Waals surface area contributed by atoms with Gasteiger partial charge in [-0.15, -0.1) is 0 Å². The minimum atomic E-state index is -1.02. The van der Waals surface area contributed by atoms with Crippen LogP contribution >= 0.6 is 11.6 Å². The van der Waals surface area contributed by atoms with Gasteiger partial charge in [0.25, 0.3) is 5.91 Å². The lowest BCUT2D eigenvalue weighted by molar-refractivity contribution is -0.133. The molecule has 0 saturated heterocycles. The van der Waals surface area contributed by atoms with Gasteiger partial charge in [0, 0.05) is 37.2 Å². The number of hydrogen-bond donors (Lipinski definition) is 2. The van der Waals surface area contributed by atoms with Crippen molar-refractivity contribution in [3.05, 3.63) is 64.4 Å². The molecule has 1 aliphatic carbocycles. The molecule has 6 nitrogen and oxygen atoms in total. The highest BCUT2D eigenvalue weighted by atomic mass is 35.5. The van der Waals surface area contributed by atoms with E-state index >= 15 is 0 Å². The molecule has 0 radical (unpaired) electrons. The molecule has 1 aliphatic rings. The first-order valence-corrected chi connectivity index (χ1v) is 10.9. The van der Waals surface area contributed by atoms with Gasteiger partial charge in [0.1, 0.15) is 29.0 Å². The van der Waals surface area contributed by atoms with Gasteiger partial charge in [-0.2, -0.15) is 0 Å². The Bertz CT molecular complexity index is 1160. The highest BCUT2D eigenvalue weighted by Gasteiger charge is 2.31. The van der Waals surface area contributed by atoms with E-state index in [1.807, 2.05) is 0 Å². The molecule has 1 saturated carbocycles. The molecule has 2 aromatic heterocycles. The molecule has 0 aliphatic heterocycles. The molecule has 0 unspecified atom stereocenters. The Hall–Kier alpha value is -3.00. The van der Waals surface area contributed by atoms with Crippen LogP contribution in [-0.2, 0) is 11.2 Å². The van der Waals surface area contributed by atoms with Gasteiger partial charge < -0.3 is 15.2 Å². The number of fused-ring (bicyclic) bond motifs is 1. The van der Waals surface area contributed by atoms with Crippen molar-refractivity contribution in [1.29, 1.82) is 0 Å². The van der Waals surface area contributed by atoms with Crippen molar-refractivity contribution in [1.82, 2.24) is 20.2 Å². The van der Waals surface area contributed by atoms with E-state index < -0.39 is 23.6 Å². The molecule has 2 amide bonds. The predicted molar refractivity (Wildman–Crippen MR) is 117 cm³/mol. The summed E-state index contributed by atoms with van der Waals surface area (Å²) in [4.78, 5) is 34.9. The molecule has 32 heavy (non-hydrogen) atoms. The van der Waals surface area contributed by atoms with Crippen molar-refractivity contribution in [3.63, 3.8) is 0 Å². The number of nitrogens with one attached hydrogen (secondary N) is 2. The van der Waals surface area contributed by atoms with Gasteiger partial charge in [-0.3, -0.25) is 9.59 Å². The summed E-state index contributed by atoms with van der Waals surface area (Å²) >= 11 is 5.96. The third-order valence-electron chi connectivity index (χ3n) is 5.94. The van der Waals surface area contributed by atoms with E-state index in [4.69, 9.17) is 11.6 Å². The topological polar surface area (TPSA) is 78.1 Å². The summed E-state index contributed by atoms with van der Waals surface area (Å²) in [5.74, 6) is -2.30. The molecular formula is C23H23ClF2N4O2. The van der Waals surface area contributed by atoms with Crippen molar-refractivity contribution < 1.29 is 18.4 Å². The van der Waals surface area contributed by atoms with Gasteiger partial charge in [0.2, 0.25) is 5.91 Å². The maximum Gasteiger partial charge on any atom is 0.268 e. The van der Waals surface area contributed by atoms with Crippen molar-refractivity contribution in [2.45, 2.75) is 44.2 Å². The van der Waals surface area contributed by atoms with Gasteiger partial charge in [-0.1, -0.05) is 30.5 Å². The molecular weight excluding hydrogens is 438 g/mol. The van der Waals surface area contributed by atoms with Gasteiger partial charge >= 0.3 is 0 Å². The quantitative estimate of drug-likeness (QED) is 0.577. The lowest BCUT2D eigenvalue weighted by Crippen LogP contribution is -2.51. The normalized spacial score (nSPS) is 15.1. The molecule has 3 aromatic rings. The predicted octanol–water partition coefficient (Wildman–Crippen LogP) is 4.24. The average molecular weight is 461 g/mol. The average Bonchev–Trinajstić information content (AvgIpc) is 3.43. The van der Waals surface area contributed by atoms with E-state index in [9.17, 15) is 18.4 Å². The van der Waals surface area contributed by atoms with Crippen LogP contribution in [0.3, 0.4) is 0 Å². The summed E-state index contributed by atoms with van der Waals surface area (Å²) in [6, 6.07) is 5.52. The Morgan fingerprint density at radius 2 is 2.00 bits per heavy atom. The maximum absolute atomic E-state index is 14.3. The van der Waals surface area contributed by atoms with Crippen LogP contribution in [0, 0.1) is 11.6 Å². The van der Waals surface area contributed by atoms with Crippen LogP contribution in [0.4, 0.5) is 8.78 Å². The summed E-state index contributed by atoms with van der Waals surface area (Å²) in [7, 11) is 1.70. The Labute approximate surface area is 189 Å². The number of carbonyl (C=O) groups is 2. The van der Waals surface area contributed by atoms with E-state index in [1.165, 1.54) is 12.3 Å². The van der Waals surface area contributed by atoms with E-state index in [1.54, 1.807) is 24.1 Å². The second-order valence-corrected chi connectivity index (χ2v) is 8.56. The summed E-state index contributed by atoms with van der Waals surface area (Å²) in [6.45, 7) is 0. The minimum Gasteiger partial charge on any atom is -0.341 e.